The normalized spacial score (nSPS) is 24.0. The van der Waals surface area contributed by atoms with Gasteiger partial charge in [0.15, 0.2) is 0 Å². The van der Waals surface area contributed by atoms with Crippen LogP contribution < -0.4 is 5.32 Å². The van der Waals surface area contributed by atoms with Gasteiger partial charge in [0.25, 0.3) is 0 Å². The van der Waals surface area contributed by atoms with Gasteiger partial charge in [-0.15, -0.1) is 0 Å². The average molecular weight is 838 g/mol. The summed E-state index contributed by atoms with van der Waals surface area (Å²) >= 11 is 0. The minimum atomic E-state index is -5.13. The number of hydrogen-bond acceptors (Lipinski definition) is 11. The number of aliphatic hydroxyl groups excluding tert-OH is 7. The van der Waals surface area contributed by atoms with Crippen molar-refractivity contribution in [1.82, 2.24) is 5.32 Å². The van der Waals surface area contributed by atoms with Gasteiger partial charge in [-0.3, -0.25) is 13.8 Å². The molecule has 9 N–H and O–H groups in total. The molecule has 0 aromatic rings. The maximum absolute atomic E-state index is 13.0. The first-order valence-corrected chi connectivity index (χ1v) is 24.2. The third-order valence-electron chi connectivity index (χ3n) is 11.1. The molecule has 0 aliphatic heterocycles. The molecule has 0 heterocycles. The first-order valence-electron chi connectivity index (χ1n) is 22.7. The molecule has 1 aliphatic carbocycles. The lowest BCUT2D eigenvalue weighted by molar-refractivity contribution is -0.220. The molecule has 14 heteroatoms. The van der Waals surface area contributed by atoms with Crippen molar-refractivity contribution in [3.63, 3.8) is 0 Å². The molecule has 13 nitrogen and oxygen atoms in total. The van der Waals surface area contributed by atoms with Gasteiger partial charge < -0.3 is 46.0 Å². The van der Waals surface area contributed by atoms with Gasteiger partial charge in [0, 0.05) is 0 Å². The molecule has 0 radical (unpaired) electrons. The predicted octanol–water partition coefficient (Wildman–Crippen LogP) is 7.03. The summed E-state index contributed by atoms with van der Waals surface area (Å²) in [7, 11) is -5.13. The van der Waals surface area contributed by atoms with Crippen LogP contribution in [0.5, 0.6) is 0 Å². The highest BCUT2D eigenvalue weighted by atomic mass is 31.2. The van der Waals surface area contributed by atoms with Gasteiger partial charge in [0.1, 0.15) is 36.6 Å². The number of aliphatic hydroxyl groups is 7. The van der Waals surface area contributed by atoms with Gasteiger partial charge in [-0.1, -0.05) is 180 Å². The number of phosphoric ester groups is 1. The van der Waals surface area contributed by atoms with Gasteiger partial charge >= 0.3 is 7.82 Å². The van der Waals surface area contributed by atoms with Crippen LogP contribution in [0.3, 0.4) is 0 Å². The fourth-order valence-electron chi connectivity index (χ4n) is 7.36. The molecular weight excluding hydrogens is 753 g/mol. The summed E-state index contributed by atoms with van der Waals surface area (Å²) in [5, 5.41) is 74.3. The van der Waals surface area contributed by atoms with Gasteiger partial charge in [-0.2, -0.15) is 0 Å². The predicted molar refractivity (Wildman–Crippen MR) is 224 cm³/mol. The zero-order chi connectivity index (χ0) is 42.3. The van der Waals surface area contributed by atoms with E-state index in [1.54, 1.807) is 6.08 Å². The highest BCUT2D eigenvalue weighted by Crippen LogP contribution is 2.47. The number of unbranched alkanes of at least 4 members (excludes halogenated alkanes) is 24. The van der Waals surface area contributed by atoms with Crippen molar-refractivity contribution >= 4 is 13.7 Å². The van der Waals surface area contributed by atoms with Crippen LogP contribution in [0, 0.1) is 0 Å². The third-order valence-corrected chi connectivity index (χ3v) is 12.1. The van der Waals surface area contributed by atoms with Crippen molar-refractivity contribution in [3.05, 3.63) is 12.2 Å². The standard InChI is InChI=1S/C43H84NO12P/c1-3-5-7-9-11-13-15-16-17-18-19-21-23-25-27-29-31-36(46)35(33-55-57(53,54)56-43-41(51)39(49)38(48)40(50)42(43)52)44-37(47)32-34(45)30-28-26-24-22-20-14-12-10-8-6-4-2/h29,31,34-36,38-43,45-46,48-52H,3-28,30,32-33H2,1-2H3,(H,44,47)(H,53,54)/b31-29+. The summed E-state index contributed by atoms with van der Waals surface area (Å²) < 4.78 is 22.8. The van der Waals surface area contributed by atoms with E-state index in [1.165, 1.54) is 122 Å². The Hall–Kier alpha value is -0.960. The fourth-order valence-corrected chi connectivity index (χ4v) is 8.33. The molecule has 8 unspecified atom stereocenters. The van der Waals surface area contributed by atoms with E-state index in [4.69, 9.17) is 9.05 Å². The van der Waals surface area contributed by atoms with E-state index < -0.39 is 75.2 Å². The smallest absolute Gasteiger partial charge is 0.393 e. The highest BCUT2D eigenvalue weighted by Gasteiger charge is 2.51. The Balaban J connectivity index is 2.58. The zero-order valence-corrected chi connectivity index (χ0v) is 36.4. The summed E-state index contributed by atoms with van der Waals surface area (Å²) in [5.74, 6) is -0.592. The Morgan fingerprint density at radius 1 is 0.614 bits per heavy atom. The molecule has 1 fully saturated rings. The van der Waals surface area contributed by atoms with Crippen LogP contribution in [0.15, 0.2) is 12.2 Å². The van der Waals surface area contributed by atoms with Gasteiger partial charge in [0.05, 0.1) is 31.3 Å². The minimum Gasteiger partial charge on any atom is -0.393 e. The number of phosphoric acid groups is 1. The topological polar surface area (TPSA) is 226 Å². The molecule has 1 rings (SSSR count). The molecule has 0 saturated heterocycles. The number of hydrogen-bond donors (Lipinski definition) is 9. The van der Waals surface area contributed by atoms with E-state index in [2.05, 4.69) is 19.2 Å². The van der Waals surface area contributed by atoms with Crippen LogP contribution in [-0.4, -0.2) is 108 Å². The second-order valence-electron chi connectivity index (χ2n) is 16.4. The van der Waals surface area contributed by atoms with Crippen molar-refractivity contribution in [2.45, 2.75) is 249 Å². The van der Waals surface area contributed by atoms with E-state index >= 15 is 0 Å². The Labute approximate surface area is 344 Å². The Morgan fingerprint density at radius 3 is 1.44 bits per heavy atom. The maximum Gasteiger partial charge on any atom is 0.472 e. The number of carbonyl (C=O) groups is 1. The minimum absolute atomic E-state index is 0.240. The second kappa shape index (κ2) is 33.7. The molecule has 1 amide bonds. The molecule has 0 spiro atoms. The van der Waals surface area contributed by atoms with Gasteiger partial charge in [-0.05, 0) is 19.3 Å². The Morgan fingerprint density at radius 2 is 1.00 bits per heavy atom. The molecule has 338 valence electrons. The average Bonchev–Trinajstić information content (AvgIpc) is 3.18. The van der Waals surface area contributed by atoms with Crippen LogP contribution in [0.1, 0.15) is 194 Å². The first kappa shape index (κ1) is 54.1. The van der Waals surface area contributed by atoms with E-state index in [0.717, 1.165) is 44.9 Å². The first-order chi connectivity index (χ1) is 27.3. The fraction of sp³-hybridized carbons (Fsp3) is 0.930. The van der Waals surface area contributed by atoms with Crippen molar-refractivity contribution in [2.75, 3.05) is 6.61 Å². The van der Waals surface area contributed by atoms with E-state index in [9.17, 15) is 50.0 Å². The monoisotopic (exact) mass is 838 g/mol. The van der Waals surface area contributed by atoms with Gasteiger partial charge in [-0.25, -0.2) is 4.57 Å². The van der Waals surface area contributed by atoms with Crippen LogP contribution in [0.4, 0.5) is 0 Å². The van der Waals surface area contributed by atoms with Crippen molar-refractivity contribution in [1.29, 1.82) is 0 Å². The van der Waals surface area contributed by atoms with E-state index in [0.29, 0.717) is 12.8 Å². The molecule has 0 bridgehead atoms. The van der Waals surface area contributed by atoms with Crippen molar-refractivity contribution in [3.8, 4) is 0 Å². The Kier molecular flexibility index (Phi) is 32.0. The maximum atomic E-state index is 13.0. The van der Waals surface area contributed by atoms with Crippen LogP contribution in [0.2, 0.25) is 0 Å². The number of amides is 1. The molecule has 1 aliphatic rings. The summed E-state index contributed by atoms with van der Waals surface area (Å²) in [6.45, 7) is 3.72. The van der Waals surface area contributed by atoms with E-state index in [-0.39, 0.29) is 6.42 Å². The van der Waals surface area contributed by atoms with E-state index in [1.807, 2.05) is 0 Å². The number of nitrogens with one attached hydrogen (secondary N) is 1. The third kappa shape index (κ3) is 26.1. The summed E-state index contributed by atoms with van der Waals surface area (Å²) in [4.78, 5) is 23.4. The zero-order valence-electron chi connectivity index (χ0n) is 35.5. The summed E-state index contributed by atoms with van der Waals surface area (Å²) in [6.07, 6.45) is 20.2. The van der Waals surface area contributed by atoms with Crippen LogP contribution in [-0.2, 0) is 18.4 Å². The summed E-state index contributed by atoms with van der Waals surface area (Å²) in [6, 6.07) is -1.23. The lowest BCUT2D eigenvalue weighted by atomic mass is 9.85. The molecule has 1 saturated carbocycles. The lowest BCUT2D eigenvalue weighted by Crippen LogP contribution is -2.64. The number of carbonyl (C=O) groups excluding carboxylic acids is 1. The molecule has 57 heavy (non-hydrogen) atoms. The number of rotatable bonds is 37. The molecule has 8 atom stereocenters. The summed E-state index contributed by atoms with van der Waals surface area (Å²) in [5.41, 5.74) is 0. The second-order valence-corrected chi connectivity index (χ2v) is 17.9. The Bertz CT molecular complexity index is 1040. The van der Waals surface area contributed by atoms with Gasteiger partial charge in [0.2, 0.25) is 5.91 Å². The lowest BCUT2D eigenvalue weighted by Gasteiger charge is -2.41. The highest BCUT2D eigenvalue weighted by molar-refractivity contribution is 7.47. The quantitative estimate of drug-likeness (QED) is 0.0175. The molecule has 0 aromatic carbocycles. The molecule has 0 aromatic heterocycles. The van der Waals surface area contributed by atoms with Crippen LogP contribution >= 0.6 is 7.82 Å². The largest absolute Gasteiger partial charge is 0.472 e. The molecular formula is C43H84NO12P. The SMILES string of the molecule is CCCCCCCCCCCCCCCC/C=C/C(O)C(COP(=O)(O)OC1C(O)C(O)C(O)C(O)C1O)NC(=O)CC(O)CCCCCCCCCCCCC. The van der Waals surface area contributed by atoms with Crippen molar-refractivity contribution in [2.24, 2.45) is 0 Å². The van der Waals surface area contributed by atoms with Crippen LogP contribution in [0.25, 0.3) is 0 Å². The van der Waals surface area contributed by atoms with Crippen molar-refractivity contribution < 1.29 is 59.0 Å². The number of allylic oxidation sites excluding steroid dienone is 1.